The van der Waals surface area contributed by atoms with Crippen LogP contribution in [0.25, 0.3) is 0 Å². The van der Waals surface area contributed by atoms with Gasteiger partial charge in [-0.05, 0) is 48.1 Å². The van der Waals surface area contributed by atoms with Gasteiger partial charge in [-0.15, -0.1) is 11.3 Å². The molecule has 1 heterocycles. The summed E-state index contributed by atoms with van der Waals surface area (Å²) in [7, 11) is 0. The van der Waals surface area contributed by atoms with Crippen LogP contribution in [0, 0.1) is 0 Å². The van der Waals surface area contributed by atoms with Gasteiger partial charge in [0.15, 0.2) is 0 Å². The highest BCUT2D eigenvalue weighted by atomic mass is 79.9. The minimum atomic E-state index is -0.445. The van der Waals surface area contributed by atoms with E-state index in [1.165, 1.54) is 4.88 Å². The van der Waals surface area contributed by atoms with Crippen molar-refractivity contribution < 1.29 is 9.53 Å². The average Bonchev–Trinajstić information content (AvgIpc) is 2.61. The number of thiophene rings is 1. The van der Waals surface area contributed by atoms with Crippen molar-refractivity contribution in [3.63, 3.8) is 0 Å². The van der Waals surface area contributed by atoms with Crippen molar-refractivity contribution in [2.75, 3.05) is 13.1 Å². The fourth-order valence-electron chi connectivity index (χ4n) is 1.22. The Labute approximate surface area is 120 Å². The highest BCUT2D eigenvalue weighted by Gasteiger charge is 2.15. The van der Waals surface area contributed by atoms with Gasteiger partial charge in [0.25, 0.3) is 0 Å². The lowest BCUT2D eigenvalue weighted by Gasteiger charge is -2.19. The predicted octanol–water partition coefficient (Wildman–Crippen LogP) is 3.12. The Morgan fingerprint density at radius 2 is 2.17 bits per heavy atom. The van der Waals surface area contributed by atoms with Crippen LogP contribution in [0.3, 0.4) is 0 Å². The number of carbonyl (C=O) groups is 1. The number of amides is 1. The van der Waals surface area contributed by atoms with Gasteiger partial charge >= 0.3 is 6.09 Å². The maximum Gasteiger partial charge on any atom is 0.407 e. The predicted molar refractivity (Wildman–Crippen MR) is 78.0 cm³/mol. The number of nitrogens with one attached hydrogen (secondary N) is 2. The second-order valence-electron chi connectivity index (χ2n) is 4.80. The summed E-state index contributed by atoms with van der Waals surface area (Å²) in [5.74, 6) is 0. The zero-order valence-electron chi connectivity index (χ0n) is 10.9. The zero-order chi connectivity index (χ0) is 13.6. The summed E-state index contributed by atoms with van der Waals surface area (Å²) < 4.78 is 6.25. The number of carbonyl (C=O) groups excluding carboxylic acids is 1. The van der Waals surface area contributed by atoms with Crippen molar-refractivity contribution in [2.45, 2.75) is 32.9 Å². The third kappa shape index (κ3) is 6.37. The molecule has 0 spiro atoms. The third-order valence-corrected chi connectivity index (χ3v) is 3.87. The van der Waals surface area contributed by atoms with Gasteiger partial charge in [0.05, 0.1) is 0 Å². The summed E-state index contributed by atoms with van der Waals surface area (Å²) in [6.45, 7) is 7.60. The molecule has 0 aliphatic carbocycles. The standard InChI is InChI=1S/C12H19BrN2O2S/c1-12(2,3)17-11(16)15-6-5-14-8-10-9(13)4-7-18-10/h4,7,14H,5-6,8H2,1-3H3,(H,15,16). The third-order valence-electron chi connectivity index (χ3n) is 1.95. The van der Waals surface area contributed by atoms with E-state index in [1.807, 2.05) is 32.2 Å². The van der Waals surface area contributed by atoms with Crippen LogP contribution in [0.4, 0.5) is 4.79 Å². The molecule has 102 valence electrons. The van der Waals surface area contributed by atoms with Gasteiger partial charge in [-0.3, -0.25) is 0 Å². The van der Waals surface area contributed by atoms with E-state index in [0.29, 0.717) is 13.1 Å². The molecule has 1 aromatic rings. The van der Waals surface area contributed by atoms with Crippen LogP contribution in [-0.4, -0.2) is 24.8 Å². The number of hydrogen-bond acceptors (Lipinski definition) is 4. The smallest absolute Gasteiger partial charge is 0.407 e. The molecule has 1 amide bonds. The first-order valence-electron chi connectivity index (χ1n) is 5.78. The van der Waals surface area contributed by atoms with Crippen LogP contribution in [0.1, 0.15) is 25.6 Å². The van der Waals surface area contributed by atoms with E-state index in [0.717, 1.165) is 11.0 Å². The first-order valence-corrected chi connectivity index (χ1v) is 7.45. The van der Waals surface area contributed by atoms with Crippen LogP contribution in [0.15, 0.2) is 15.9 Å². The van der Waals surface area contributed by atoms with Gasteiger partial charge < -0.3 is 15.4 Å². The number of ether oxygens (including phenoxy) is 1. The SMILES string of the molecule is CC(C)(C)OC(=O)NCCNCc1sccc1Br. The second kappa shape index (κ2) is 7.11. The van der Waals surface area contributed by atoms with Gasteiger partial charge in [-0.2, -0.15) is 0 Å². The molecule has 0 saturated carbocycles. The van der Waals surface area contributed by atoms with E-state index in [1.54, 1.807) is 11.3 Å². The van der Waals surface area contributed by atoms with E-state index in [9.17, 15) is 4.79 Å². The maximum atomic E-state index is 11.3. The maximum absolute atomic E-state index is 11.3. The van der Waals surface area contributed by atoms with Gasteiger partial charge in [0, 0.05) is 29.0 Å². The first-order chi connectivity index (χ1) is 8.38. The first kappa shape index (κ1) is 15.5. The van der Waals surface area contributed by atoms with Crippen LogP contribution in [0.2, 0.25) is 0 Å². The molecular weight excluding hydrogens is 316 g/mol. The molecule has 0 radical (unpaired) electrons. The molecule has 18 heavy (non-hydrogen) atoms. The average molecular weight is 335 g/mol. The topological polar surface area (TPSA) is 50.4 Å². The van der Waals surface area contributed by atoms with E-state index in [4.69, 9.17) is 4.74 Å². The Balaban J connectivity index is 2.09. The van der Waals surface area contributed by atoms with E-state index in [2.05, 4.69) is 26.6 Å². The molecule has 0 saturated heterocycles. The van der Waals surface area contributed by atoms with Crippen molar-refractivity contribution in [2.24, 2.45) is 0 Å². The molecule has 1 aromatic heterocycles. The Morgan fingerprint density at radius 3 is 2.72 bits per heavy atom. The molecule has 0 fully saturated rings. The van der Waals surface area contributed by atoms with Gasteiger partial charge in [0.1, 0.15) is 5.60 Å². The summed E-state index contributed by atoms with van der Waals surface area (Å²) in [6.07, 6.45) is -0.374. The molecule has 0 aliphatic heterocycles. The monoisotopic (exact) mass is 334 g/mol. The second-order valence-corrected chi connectivity index (χ2v) is 6.65. The summed E-state index contributed by atoms with van der Waals surface area (Å²) in [4.78, 5) is 12.6. The van der Waals surface area contributed by atoms with Gasteiger partial charge in [-0.25, -0.2) is 4.79 Å². The molecule has 0 atom stereocenters. The molecule has 0 unspecified atom stereocenters. The molecule has 6 heteroatoms. The van der Waals surface area contributed by atoms with E-state index in [-0.39, 0.29) is 6.09 Å². The van der Waals surface area contributed by atoms with Gasteiger partial charge in [0.2, 0.25) is 0 Å². The molecule has 0 aromatic carbocycles. The number of halogens is 1. The molecule has 0 bridgehead atoms. The minimum absolute atomic E-state index is 0.374. The zero-order valence-corrected chi connectivity index (χ0v) is 13.3. The van der Waals surface area contributed by atoms with Crippen LogP contribution in [0.5, 0.6) is 0 Å². The lowest BCUT2D eigenvalue weighted by molar-refractivity contribution is 0.0528. The Bertz CT molecular complexity index is 388. The fourth-order valence-corrected chi connectivity index (χ4v) is 2.68. The number of alkyl carbamates (subject to hydrolysis) is 1. The van der Waals surface area contributed by atoms with Crippen molar-refractivity contribution >= 4 is 33.4 Å². The quantitative estimate of drug-likeness (QED) is 0.813. The Hall–Kier alpha value is -0.590. The minimum Gasteiger partial charge on any atom is -0.444 e. The molecular formula is C12H19BrN2O2S. The van der Waals surface area contributed by atoms with Crippen LogP contribution < -0.4 is 10.6 Å². The highest BCUT2D eigenvalue weighted by molar-refractivity contribution is 9.10. The van der Waals surface area contributed by atoms with Crippen LogP contribution in [-0.2, 0) is 11.3 Å². The summed E-state index contributed by atoms with van der Waals surface area (Å²) in [5, 5.41) is 8.00. The summed E-state index contributed by atoms with van der Waals surface area (Å²) >= 11 is 5.17. The van der Waals surface area contributed by atoms with E-state index < -0.39 is 5.60 Å². The highest BCUT2D eigenvalue weighted by Crippen LogP contribution is 2.21. The molecule has 1 rings (SSSR count). The van der Waals surface area contributed by atoms with Gasteiger partial charge in [-0.1, -0.05) is 0 Å². The van der Waals surface area contributed by atoms with Crippen LogP contribution >= 0.6 is 27.3 Å². The Kier molecular flexibility index (Phi) is 6.11. The summed E-state index contributed by atoms with van der Waals surface area (Å²) in [5.41, 5.74) is -0.445. The van der Waals surface area contributed by atoms with Crippen molar-refractivity contribution in [3.05, 3.63) is 20.8 Å². The lowest BCUT2D eigenvalue weighted by atomic mass is 10.2. The Morgan fingerprint density at radius 1 is 1.44 bits per heavy atom. The number of rotatable bonds is 5. The van der Waals surface area contributed by atoms with Crippen molar-refractivity contribution in [1.82, 2.24) is 10.6 Å². The molecule has 4 nitrogen and oxygen atoms in total. The molecule has 2 N–H and O–H groups in total. The fraction of sp³-hybridized carbons (Fsp3) is 0.583. The number of hydrogen-bond donors (Lipinski definition) is 2. The van der Waals surface area contributed by atoms with Crippen molar-refractivity contribution in [3.8, 4) is 0 Å². The van der Waals surface area contributed by atoms with E-state index >= 15 is 0 Å². The summed E-state index contributed by atoms with van der Waals surface area (Å²) in [6, 6.07) is 2.03. The normalized spacial score (nSPS) is 11.3. The molecule has 0 aliphatic rings. The van der Waals surface area contributed by atoms with Crippen molar-refractivity contribution in [1.29, 1.82) is 0 Å². The lowest BCUT2D eigenvalue weighted by Crippen LogP contribution is -2.36. The largest absolute Gasteiger partial charge is 0.444 e.